The van der Waals surface area contributed by atoms with E-state index in [2.05, 4.69) is 116 Å². The second kappa shape index (κ2) is 12.7. The Kier molecular flexibility index (Phi) is 9.72. The first-order valence-electron chi connectivity index (χ1n) is 11.9. The second-order valence-electron chi connectivity index (χ2n) is 8.29. The second-order valence-corrected chi connectivity index (χ2v) is 12.6. The van der Waals surface area contributed by atoms with Gasteiger partial charge >= 0.3 is 0 Å². The molecule has 3 aromatic rings. The van der Waals surface area contributed by atoms with E-state index in [1.165, 1.54) is 53.3 Å². The summed E-state index contributed by atoms with van der Waals surface area (Å²) in [5, 5.41) is 1.27. The Morgan fingerprint density at radius 3 is 1.38 bits per heavy atom. The van der Waals surface area contributed by atoms with Crippen molar-refractivity contribution in [3.63, 3.8) is 0 Å². The van der Waals surface area contributed by atoms with E-state index in [4.69, 9.17) is 11.8 Å². The van der Waals surface area contributed by atoms with E-state index in [9.17, 15) is 0 Å². The van der Waals surface area contributed by atoms with Crippen molar-refractivity contribution in [1.82, 2.24) is 0 Å². The van der Waals surface area contributed by atoms with Gasteiger partial charge in [0, 0.05) is 6.04 Å². The van der Waals surface area contributed by atoms with Crippen LogP contribution in [-0.4, -0.2) is 0 Å². The molecule has 166 valence electrons. The minimum atomic E-state index is -2.09. The van der Waals surface area contributed by atoms with Crippen molar-refractivity contribution in [2.24, 2.45) is 0 Å². The van der Waals surface area contributed by atoms with Gasteiger partial charge in [-0.15, -0.1) is 0 Å². The third-order valence-electron chi connectivity index (χ3n) is 5.74. The fraction of sp³-hybridized carbons (Fsp3) is 0.267. The van der Waals surface area contributed by atoms with Gasteiger partial charge in [-0.1, -0.05) is 129 Å². The van der Waals surface area contributed by atoms with E-state index >= 15 is 0 Å². The fourth-order valence-electron chi connectivity index (χ4n) is 3.92. The minimum Gasteiger partial charge on any atom is -0.0838 e. The lowest BCUT2D eigenvalue weighted by Crippen LogP contribution is -2.02. The van der Waals surface area contributed by atoms with Crippen molar-refractivity contribution in [2.45, 2.75) is 52.4 Å². The predicted octanol–water partition coefficient (Wildman–Crippen LogP) is 9.25. The highest BCUT2D eigenvalue weighted by Crippen LogP contribution is 2.53. The third-order valence-corrected chi connectivity index (χ3v) is 9.50. The van der Waals surface area contributed by atoms with E-state index in [0.717, 1.165) is 12.8 Å². The Hall–Kier alpha value is -2.21. The van der Waals surface area contributed by atoms with Crippen LogP contribution in [-0.2, 0) is 11.8 Å². The predicted molar refractivity (Wildman–Crippen MR) is 148 cm³/mol. The number of allylic oxidation sites excluding steroid dienone is 2. The van der Waals surface area contributed by atoms with Gasteiger partial charge in [-0.05, 0) is 64.9 Å². The first kappa shape index (κ1) is 24.4. The summed E-state index contributed by atoms with van der Waals surface area (Å²) in [6, 6.07) is 30.3. The van der Waals surface area contributed by atoms with Gasteiger partial charge < -0.3 is 0 Å². The van der Waals surface area contributed by atoms with Crippen LogP contribution in [0.4, 0.5) is 0 Å². The Balaban J connectivity index is 2.18. The molecule has 0 amide bonds. The van der Waals surface area contributed by atoms with E-state index in [0.29, 0.717) is 0 Å². The summed E-state index contributed by atoms with van der Waals surface area (Å²) in [7, 11) is 0. The first-order valence-corrected chi connectivity index (χ1v) is 14.8. The van der Waals surface area contributed by atoms with Crippen LogP contribution in [0.1, 0.15) is 63.5 Å². The lowest BCUT2D eigenvalue weighted by atomic mass is 10.0. The first-order chi connectivity index (χ1) is 15.7. The highest BCUT2D eigenvalue weighted by Gasteiger charge is 2.18. The van der Waals surface area contributed by atoms with Crippen molar-refractivity contribution in [1.29, 1.82) is 0 Å². The molecule has 3 aromatic carbocycles. The molecular weight excluding hydrogens is 423 g/mol. The van der Waals surface area contributed by atoms with Crippen LogP contribution < -0.4 is 5.30 Å². The zero-order chi connectivity index (χ0) is 22.7. The lowest BCUT2D eigenvalue weighted by Gasteiger charge is -2.21. The molecule has 0 radical (unpaired) electrons. The maximum atomic E-state index is 6.58. The van der Waals surface area contributed by atoms with Gasteiger partial charge in [0.25, 0.3) is 0 Å². The minimum absolute atomic E-state index is 1.06. The van der Waals surface area contributed by atoms with Crippen molar-refractivity contribution in [3.05, 3.63) is 114 Å². The molecule has 0 spiro atoms. The number of benzene rings is 3. The Morgan fingerprint density at radius 2 is 1.00 bits per heavy atom. The fourth-order valence-corrected chi connectivity index (χ4v) is 7.54. The van der Waals surface area contributed by atoms with Gasteiger partial charge in [-0.25, -0.2) is 0 Å². The van der Waals surface area contributed by atoms with Crippen LogP contribution in [0.5, 0.6) is 0 Å². The molecule has 0 aliphatic heterocycles. The topological polar surface area (TPSA) is 0 Å². The standard InChI is InChI=1S/C30H35PS/c1-3-5-16-28(26-18-10-7-11-19-26)24-31(32,30-22-14-9-15-23-30)25-29(17-6-4-2)27-20-12-8-13-21-27/h7-15,18-25H,3-6,16-17H2,1-2H3/b28-24-,29-25+. The molecule has 0 bridgehead atoms. The molecule has 32 heavy (non-hydrogen) atoms. The molecule has 0 nitrogen and oxygen atoms in total. The van der Waals surface area contributed by atoms with Gasteiger partial charge in [0.05, 0.1) is 0 Å². The van der Waals surface area contributed by atoms with Crippen LogP contribution in [0.15, 0.2) is 103 Å². The molecular formula is C30H35PS. The lowest BCUT2D eigenvalue weighted by molar-refractivity contribution is 0.824. The molecule has 0 saturated heterocycles. The Labute approximate surface area is 200 Å². The van der Waals surface area contributed by atoms with E-state index in [1.54, 1.807) is 0 Å². The normalized spacial score (nSPS) is 14.2. The summed E-state index contributed by atoms with van der Waals surface area (Å²) in [6.45, 7) is 4.52. The number of hydrogen-bond acceptors (Lipinski definition) is 1. The van der Waals surface area contributed by atoms with Crippen LogP contribution in [0.3, 0.4) is 0 Å². The van der Waals surface area contributed by atoms with E-state index in [-0.39, 0.29) is 0 Å². The van der Waals surface area contributed by atoms with Crippen molar-refractivity contribution >= 4 is 34.3 Å². The van der Waals surface area contributed by atoms with Gasteiger partial charge in [0.15, 0.2) is 0 Å². The quantitative estimate of drug-likeness (QED) is 0.258. The maximum Gasteiger partial charge on any atom is 0.0247 e. The SMILES string of the molecule is CCCC/C(=C/P(=S)(/C=C(\CCCC)c1ccccc1)c1ccccc1)c1ccccc1. The molecule has 1 atom stereocenters. The van der Waals surface area contributed by atoms with Gasteiger partial charge in [0.2, 0.25) is 0 Å². The highest BCUT2D eigenvalue weighted by molar-refractivity contribution is 8.21. The number of rotatable bonds is 11. The van der Waals surface area contributed by atoms with Crippen molar-refractivity contribution < 1.29 is 0 Å². The number of unbranched alkanes of at least 4 members (excludes halogenated alkanes) is 2. The molecule has 0 saturated carbocycles. The molecule has 0 fully saturated rings. The monoisotopic (exact) mass is 458 g/mol. The van der Waals surface area contributed by atoms with Crippen molar-refractivity contribution in [2.75, 3.05) is 0 Å². The summed E-state index contributed by atoms with van der Waals surface area (Å²) in [4.78, 5) is 0. The summed E-state index contributed by atoms with van der Waals surface area (Å²) in [5.74, 6) is 4.91. The van der Waals surface area contributed by atoms with E-state index in [1.807, 2.05) is 0 Å². The number of hydrogen-bond donors (Lipinski definition) is 0. The molecule has 0 heterocycles. The molecule has 2 heteroatoms. The van der Waals surface area contributed by atoms with Crippen molar-refractivity contribution in [3.8, 4) is 0 Å². The molecule has 3 rings (SSSR count). The third kappa shape index (κ3) is 6.89. The average molecular weight is 459 g/mol. The molecule has 0 N–H and O–H groups in total. The van der Waals surface area contributed by atoms with Gasteiger partial charge in [0.1, 0.15) is 0 Å². The Bertz CT molecular complexity index is 984. The van der Waals surface area contributed by atoms with Crippen LogP contribution in [0.25, 0.3) is 11.1 Å². The largest absolute Gasteiger partial charge is 0.0838 e. The van der Waals surface area contributed by atoms with Crippen LogP contribution in [0, 0.1) is 0 Å². The smallest absolute Gasteiger partial charge is 0.0247 e. The zero-order valence-electron chi connectivity index (χ0n) is 19.4. The molecule has 0 aliphatic rings. The molecule has 0 aromatic heterocycles. The van der Waals surface area contributed by atoms with Gasteiger partial charge in [-0.2, -0.15) is 0 Å². The van der Waals surface area contributed by atoms with Crippen LogP contribution >= 0.6 is 6.04 Å². The molecule has 0 aliphatic carbocycles. The summed E-state index contributed by atoms with van der Waals surface area (Å²) < 4.78 is 0. The highest BCUT2D eigenvalue weighted by atomic mass is 32.4. The van der Waals surface area contributed by atoms with Gasteiger partial charge in [-0.3, -0.25) is 0 Å². The Morgan fingerprint density at radius 1 is 0.625 bits per heavy atom. The summed E-state index contributed by atoms with van der Waals surface area (Å²) in [6.07, 6.45) is 6.84. The zero-order valence-corrected chi connectivity index (χ0v) is 21.1. The van der Waals surface area contributed by atoms with E-state index < -0.39 is 6.04 Å². The molecule has 1 unspecified atom stereocenters. The summed E-state index contributed by atoms with van der Waals surface area (Å²) in [5.41, 5.74) is 5.38. The van der Waals surface area contributed by atoms with Crippen LogP contribution in [0.2, 0.25) is 0 Å². The summed E-state index contributed by atoms with van der Waals surface area (Å²) >= 11 is 6.58. The maximum absolute atomic E-state index is 6.58. The average Bonchev–Trinajstić information content (AvgIpc) is 2.86.